The predicted octanol–water partition coefficient (Wildman–Crippen LogP) is 4.71. The average Bonchev–Trinajstić information content (AvgIpc) is 2.99. The van der Waals surface area contributed by atoms with Crippen LogP contribution in [0, 0.1) is 5.82 Å². The van der Waals surface area contributed by atoms with Gasteiger partial charge in [-0.05, 0) is 60.2 Å². The number of benzene rings is 2. The second kappa shape index (κ2) is 10.3. The minimum absolute atomic E-state index is 0.0687. The number of hydrogen-bond donors (Lipinski definition) is 1. The molecule has 1 unspecified atom stereocenters. The van der Waals surface area contributed by atoms with Crippen molar-refractivity contribution >= 4 is 34.9 Å². The molecular formula is C28H20ClFN4O3. The summed E-state index contributed by atoms with van der Waals surface area (Å²) < 4.78 is 15.1. The maximum Gasteiger partial charge on any atom is 0.256 e. The van der Waals surface area contributed by atoms with Gasteiger partial charge in [0.1, 0.15) is 17.6 Å². The molecule has 9 heteroatoms. The van der Waals surface area contributed by atoms with E-state index in [0.717, 1.165) is 0 Å². The Balaban J connectivity index is 1.49. The molecule has 0 fully saturated rings. The number of carbonyl (C=O) groups excluding carboxylic acids is 3. The monoisotopic (exact) mass is 514 g/mol. The molecule has 1 N–H and O–H groups in total. The molecule has 1 aliphatic heterocycles. The van der Waals surface area contributed by atoms with Crippen molar-refractivity contribution in [3.63, 3.8) is 0 Å². The van der Waals surface area contributed by atoms with Crippen LogP contribution >= 0.6 is 11.6 Å². The third kappa shape index (κ3) is 5.10. The highest BCUT2D eigenvalue weighted by Crippen LogP contribution is 2.29. The number of amides is 2. The van der Waals surface area contributed by atoms with Gasteiger partial charge in [-0.2, -0.15) is 0 Å². The normalized spacial score (nSPS) is 15.1. The number of nitrogens with one attached hydrogen (secondary N) is 1. The van der Waals surface area contributed by atoms with Crippen LogP contribution in [0.25, 0.3) is 0 Å². The molecule has 0 spiro atoms. The predicted molar refractivity (Wildman–Crippen MR) is 136 cm³/mol. The summed E-state index contributed by atoms with van der Waals surface area (Å²) in [5.74, 6) is -2.12. The number of halogens is 2. The number of fused-ring (bicyclic) bond motifs is 1. The summed E-state index contributed by atoms with van der Waals surface area (Å²) in [4.78, 5) is 49.3. The number of carbonyl (C=O) groups is 3. The first kappa shape index (κ1) is 24.3. The quantitative estimate of drug-likeness (QED) is 0.376. The van der Waals surface area contributed by atoms with Gasteiger partial charge in [0.15, 0.2) is 0 Å². The lowest BCUT2D eigenvalue weighted by atomic mass is 10.0. The zero-order chi connectivity index (χ0) is 25.9. The molecule has 5 rings (SSSR count). The Morgan fingerprint density at radius 1 is 0.973 bits per heavy atom. The first-order valence-electron chi connectivity index (χ1n) is 11.5. The third-order valence-corrected chi connectivity index (χ3v) is 6.30. The van der Waals surface area contributed by atoms with Crippen molar-refractivity contribution in [1.82, 2.24) is 14.9 Å². The van der Waals surface area contributed by atoms with Gasteiger partial charge in [0.05, 0.1) is 16.8 Å². The van der Waals surface area contributed by atoms with Gasteiger partial charge >= 0.3 is 0 Å². The number of ketones is 1. The van der Waals surface area contributed by atoms with Gasteiger partial charge in [-0.3, -0.25) is 24.4 Å². The molecule has 37 heavy (non-hydrogen) atoms. The summed E-state index contributed by atoms with van der Waals surface area (Å²) in [7, 11) is 0. The van der Waals surface area contributed by atoms with Crippen LogP contribution in [0.15, 0.2) is 85.2 Å². The Kier molecular flexibility index (Phi) is 6.74. The number of rotatable bonds is 6. The van der Waals surface area contributed by atoms with Crippen LogP contribution in [0.2, 0.25) is 5.02 Å². The van der Waals surface area contributed by atoms with Crippen molar-refractivity contribution in [1.29, 1.82) is 0 Å². The molecule has 7 nitrogen and oxygen atoms in total. The molecule has 0 radical (unpaired) electrons. The molecule has 184 valence electrons. The van der Waals surface area contributed by atoms with E-state index in [4.69, 9.17) is 11.6 Å². The van der Waals surface area contributed by atoms with Crippen molar-refractivity contribution in [3.8, 4) is 0 Å². The van der Waals surface area contributed by atoms with Gasteiger partial charge in [0.25, 0.3) is 5.91 Å². The zero-order valence-electron chi connectivity index (χ0n) is 19.4. The number of pyridine rings is 2. The molecule has 2 aromatic heterocycles. The molecule has 0 bridgehead atoms. The Hall–Kier alpha value is -4.43. The van der Waals surface area contributed by atoms with Crippen LogP contribution in [0.1, 0.15) is 37.7 Å². The highest BCUT2D eigenvalue weighted by atomic mass is 35.5. The molecule has 0 saturated carbocycles. The van der Waals surface area contributed by atoms with Gasteiger partial charge in [-0.25, -0.2) is 4.39 Å². The highest BCUT2D eigenvalue weighted by Gasteiger charge is 2.36. The van der Waals surface area contributed by atoms with E-state index in [0.29, 0.717) is 22.0 Å². The van der Waals surface area contributed by atoms with Crippen LogP contribution in [0.4, 0.5) is 10.1 Å². The van der Waals surface area contributed by atoms with E-state index >= 15 is 4.39 Å². The second-order valence-electron chi connectivity index (χ2n) is 8.51. The average molecular weight is 515 g/mol. The maximum absolute atomic E-state index is 15.1. The topological polar surface area (TPSA) is 92.3 Å². The second-order valence-corrected chi connectivity index (χ2v) is 8.95. The highest BCUT2D eigenvalue weighted by molar-refractivity contribution is 6.31. The van der Waals surface area contributed by atoms with E-state index in [1.165, 1.54) is 35.4 Å². The van der Waals surface area contributed by atoms with Crippen molar-refractivity contribution in [2.24, 2.45) is 0 Å². The lowest BCUT2D eigenvalue weighted by Crippen LogP contribution is -2.46. The molecular weight excluding hydrogens is 495 g/mol. The van der Waals surface area contributed by atoms with Gasteiger partial charge in [-0.15, -0.1) is 0 Å². The SMILES string of the molecule is O=C(c1ccccn1)c1ccc(CN2C(=O)c3ccc(Cl)cc3NC(=O)C2Cc2ccccn2)cc1F. The van der Waals surface area contributed by atoms with E-state index in [-0.39, 0.29) is 29.8 Å². The van der Waals surface area contributed by atoms with Crippen molar-refractivity contribution in [2.75, 3.05) is 5.32 Å². The molecule has 0 saturated heterocycles. The Morgan fingerprint density at radius 2 is 1.76 bits per heavy atom. The first-order valence-corrected chi connectivity index (χ1v) is 11.8. The fraction of sp³-hybridized carbons (Fsp3) is 0.107. The van der Waals surface area contributed by atoms with Gasteiger partial charge in [0.2, 0.25) is 11.7 Å². The van der Waals surface area contributed by atoms with Crippen molar-refractivity contribution in [3.05, 3.63) is 124 Å². The standard InChI is InChI=1S/C28H20ClFN4O3/c29-18-8-10-21-24(14-18)33-27(36)25(15-19-5-1-3-11-31-19)34(28(21)37)16-17-7-9-20(22(30)13-17)26(35)23-6-2-4-12-32-23/h1-14,25H,15-16H2,(H,33,36). The van der Waals surface area contributed by atoms with Crippen LogP contribution < -0.4 is 5.32 Å². The summed E-state index contributed by atoms with van der Waals surface area (Å²) in [6.07, 6.45) is 3.22. The molecule has 2 aromatic carbocycles. The van der Waals surface area contributed by atoms with Crippen LogP contribution in [0.3, 0.4) is 0 Å². The van der Waals surface area contributed by atoms with Crippen molar-refractivity contribution in [2.45, 2.75) is 19.0 Å². The molecule has 0 aliphatic carbocycles. The van der Waals surface area contributed by atoms with E-state index in [1.807, 2.05) is 0 Å². The lowest BCUT2D eigenvalue weighted by Gasteiger charge is -2.29. The van der Waals surface area contributed by atoms with Crippen LogP contribution in [-0.2, 0) is 17.8 Å². The summed E-state index contributed by atoms with van der Waals surface area (Å²) in [6.45, 7) is -0.0687. The molecule has 1 atom stereocenters. The fourth-order valence-corrected chi connectivity index (χ4v) is 4.41. The van der Waals surface area contributed by atoms with E-state index in [2.05, 4.69) is 15.3 Å². The van der Waals surface area contributed by atoms with Crippen molar-refractivity contribution < 1.29 is 18.8 Å². The van der Waals surface area contributed by atoms with E-state index in [1.54, 1.807) is 54.7 Å². The molecule has 2 amide bonds. The summed E-state index contributed by atoms with van der Waals surface area (Å²) in [5, 5.41) is 3.17. The van der Waals surface area contributed by atoms with Crippen LogP contribution in [0.5, 0.6) is 0 Å². The summed E-state index contributed by atoms with van der Waals surface area (Å²) in [5.41, 5.74) is 1.60. The van der Waals surface area contributed by atoms with Crippen LogP contribution in [-0.4, -0.2) is 38.5 Å². The first-order chi connectivity index (χ1) is 17.9. The maximum atomic E-state index is 15.1. The minimum Gasteiger partial charge on any atom is -0.323 e. The number of aromatic nitrogens is 2. The number of hydrogen-bond acceptors (Lipinski definition) is 5. The lowest BCUT2D eigenvalue weighted by molar-refractivity contribution is -0.120. The summed E-state index contributed by atoms with van der Waals surface area (Å²) in [6, 6.07) is 18.0. The number of anilines is 1. The summed E-state index contributed by atoms with van der Waals surface area (Å²) >= 11 is 6.10. The Morgan fingerprint density at radius 3 is 2.46 bits per heavy atom. The Bertz CT molecular complexity index is 1500. The van der Waals surface area contributed by atoms with Gasteiger partial charge in [0, 0.05) is 36.1 Å². The van der Waals surface area contributed by atoms with Gasteiger partial charge in [-0.1, -0.05) is 29.8 Å². The number of nitrogens with zero attached hydrogens (tertiary/aromatic N) is 3. The molecule has 3 heterocycles. The molecule has 4 aromatic rings. The molecule has 1 aliphatic rings. The Labute approximate surface area is 216 Å². The minimum atomic E-state index is -0.925. The fourth-order valence-electron chi connectivity index (χ4n) is 4.23. The smallest absolute Gasteiger partial charge is 0.256 e. The largest absolute Gasteiger partial charge is 0.323 e. The van der Waals surface area contributed by atoms with Gasteiger partial charge < -0.3 is 10.2 Å². The van der Waals surface area contributed by atoms with E-state index in [9.17, 15) is 14.4 Å². The zero-order valence-corrected chi connectivity index (χ0v) is 20.2. The third-order valence-electron chi connectivity index (χ3n) is 6.07. The van der Waals surface area contributed by atoms with E-state index < -0.39 is 29.5 Å².